The Morgan fingerprint density at radius 3 is 2.47 bits per heavy atom. The summed E-state index contributed by atoms with van der Waals surface area (Å²) in [6.07, 6.45) is 11.9. The maximum absolute atomic E-state index is 3.71. The minimum Gasteiger partial charge on any atom is -0.314 e. The summed E-state index contributed by atoms with van der Waals surface area (Å²) in [5.41, 5.74) is 0.738. The van der Waals surface area contributed by atoms with E-state index in [1.54, 1.807) is 0 Å². The van der Waals surface area contributed by atoms with Crippen LogP contribution in [0.3, 0.4) is 0 Å². The van der Waals surface area contributed by atoms with Crippen LogP contribution in [0.1, 0.15) is 58.3 Å². The SMILES string of the molecule is CC1(C2CCCCC2)CC1CNC1CC1. The maximum atomic E-state index is 3.71. The highest BCUT2D eigenvalue weighted by Gasteiger charge is 2.54. The molecule has 0 aromatic heterocycles. The predicted octanol–water partition coefficient (Wildman–Crippen LogP) is 3.34. The Morgan fingerprint density at radius 1 is 1.07 bits per heavy atom. The van der Waals surface area contributed by atoms with E-state index in [9.17, 15) is 0 Å². The summed E-state index contributed by atoms with van der Waals surface area (Å²) in [5.74, 6) is 2.08. The molecule has 1 heteroatoms. The minimum atomic E-state index is 0.738. The molecule has 15 heavy (non-hydrogen) atoms. The van der Waals surface area contributed by atoms with Crippen LogP contribution in [0.25, 0.3) is 0 Å². The van der Waals surface area contributed by atoms with Crippen LogP contribution >= 0.6 is 0 Å². The van der Waals surface area contributed by atoms with Gasteiger partial charge in [-0.3, -0.25) is 0 Å². The number of hydrogen-bond acceptors (Lipinski definition) is 1. The van der Waals surface area contributed by atoms with E-state index < -0.39 is 0 Å². The van der Waals surface area contributed by atoms with Crippen LogP contribution in [0.2, 0.25) is 0 Å². The first-order valence-electron chi connectivity index (χ1n) is 7.02. The van der Waals surface area contributed by atoms with Crippen molar-refractivity contribution >= 4 is 0 Å². The third-order valence-electron chi connectivity index (χ3n) is 5.23. The molecule has 0 bridgehead atoms. The van der Waals surface area contributed by atoms with Crippen LogP contribution in [-0.4, -0.2) is 12.6 Å². The summed E-state index contributed by atoms with van der Waals surface area (Å²) < 4.78 is 0. The van der Waals surface area contributed by atoms with Crippen LogP contribution in [-0.2, 0) is 0 Å². The average Bonchev–Trinajstić information content (AvgIpc) is 3.14. The van der Waals surface area contributed by atoms with E-state index in [1.807, 2.05) is 0 Å². The van der Waals surface area contributed by atoms with Crippen LogP contribution in [0, 0.1) is 17.3 Å². The van der Waals surface area contributed by atoms with Crippen molar-refractivity contribution in [3.05, 3.63) is 0 Å². The highest BCUT2D eigenvalue weighted by molar-refractivity contribution is 5.05. The number of nitrogens with one attached hydrogen (secondary N) is 1. The van der Waals surface area contributed by atoms with Crippen LogP contribution < -0.4 is 5.32 Å². The van der Waals surface area contributed by atoms with Gasteiger partial charge in [-0.1, -0.05) is 26.2 Å². The Balaban J connectivity index is 1.47. The summed E-state index contributed by atoms with van der Waals surface area (Å²) in [6.45, 7) is 3.87. The van der Waals surface area contributed by atoms with Crippen LogP contribution in [0.4, 0.5) is 0 Å². The van der Waals surface area contributed by atoms with Gasteiger partial charge < -0.3 is 5.32 Å². The van der Waals surface area contributed by atoms with Crippen LogP contribution in [0.15, 0.2) is 0 Å². The van der Waals surface area contributed by atoms with Crippen molar-refractivity contribution in [1.29, 1.82) is 0 Å². The van der Waals surface area contributed by atoms with Gasteiger partial charge in [-0.15, -0.1) is 0 Å². The predicted molar refractivity (Wildman–Crippen MR) is 63.8 cm³/mol. The van der Waals surface area contributed by atoms with Crippen LogP contribution in [0.5, 0.6) is 0 Å². The van der Waals surface area contributed by atoms with Gasteiger partial charge in [0.05, 0.1) is 0 Å². The zero-order chi connectivity index (χ0) is 10.3. The molecule has 3 fully saturated rings. The normalized spacial score (nSPS) is 41.8. The second-order valence-electron chi connectivity index (χ2n) is 6.42. The molecule has 86 valence electrons. The van der Waals surface area contributed by atoms with E-state index in [1.165, 1.54) is 57.9 Å². The molecular formula is C14H25N. The molecule has 0 aromatic carbocycles. The highest BCUT2D eigenvalue weighted by atomic mass is 15.0. The van der Waals surface area contributed by atoms with E-state index in [-0.39, 0.29) is 0 Å². The number of rotatable bonds is 4. The van der Waals surface area contributed by atoms with E-state index in [2.05, 4.69) is 12.2 Å². The molecule has 0 aromatic rings. The summed E-state index contributed by atoms with van der Waals surface area (Å²) in [7, 11) is 0. The highest BCUT2D eigenvalue weighted by Crippen LogP contribution is 2.60. The molecular weight excluding hydrogens is 182 g/mol. The summed E-state index contributed by atoms with van der Waals surface area (Å²) in [4.78, 5) is 0. The van der Waals surface area contributed by atoms with Gasteiger partial charge >= 0.3 is 0 Å². The van der Waals surface area contributed by atoms with Gasteiger partial charge in [-0.25, -0.2) is 0 Å². The molecule has 3 saturated carbocycles. The van der Waals surface area contributed by atoms with E-state index in [0.717, 1.165) is 23.3 Å². The lowest BCUT2D eigenvalue weighted by molar-refractivity contribution is 0.225. The molecule has 0 spiro atoms. The second-order valence-corrected chi connectivity index (χ2v) is 6.42. The first-order valence-corrected chi connectivity index (χ1v) is 7.02. The second kappa shape index (κ2) is 3.76. The molecule has 0 aliphatic heterocycles. The zero-order valence-corrected chi connectivity index (χ0v) is 10.1. The monoisotopic (exact) mass is 207 g/mol. The lowest BCUT2D eigenvalue weighted by Crippen LogP contribution is -2.25. The Morgan fingerprint density at radius 2 is 1.80 bits per heavy atom. The van der Waals surface area contributed by atoms with Gasteiger partial charge in [0, 0.05) is 6.04 Å². The first-order chi connectivity index (χ1) is 7.29. The zero-order valence-electron chi connectivity index (χ0n) is 10.1. The number of hydrogen-bond donors (Lipinski definition) is 1. The van der Waals surface area contributed by atoms with Crippen molar-refractivity contribution in [2.24, 2.45) is 17.3 Å². The van der Waals surface area contributed by atoms with Gasteiger partial charge in [-0.2, -0.15) is 0 Å². The van der Waals surface area contributed by atoms with Crippen molar-refractivity contribution in [2.45, 2.75) is 64.3 Å². The Labute approximate surface area is 94.0 Å². The first kappa shape index (κ1) is 10.1. The van der Waals surface area contributed by atoms with Crippen molar-refractivity contribution in [3.8, 4) is 0 Å². The molecule has 1 nitrogen and oxygen atoms in total. The molecule has 0 radical (unpaired) electrons. The van der Waals surface area contributed by atoms with Gasteiger partial charge in [0.25, 0.3) is 0 Å². The van der Waals surface area contributed by atoms with Gasteiger partial charge in [0.2, 0.25) is 0 Å². The van der Waals surface area contributed by atoms with Crippen molar-refractivity contribution < 1.29 is 0 Å². The Bertz CT molecular complexity index is 227. The van der Waals surface area contributed by atoms with Crippen molar-refractivity contribution in [3.63, 3.8) is 0 Å². The largest absolute Gasteiger partial charge is 0.314 e. The van der Waals surface area contributed by atoms with Gasteiger partial charge in [0.1, 0.15) is 0 Å². The third kappa shape index (κ3) is 2.08. The summed E-state index contributed by atoms with van der Waals surface area (Å²) in [6, 6.07) is 0.904. The standard InChI is InChI=1S/C14H25N/c1-14(11-5-3-2-4-6-11)9-12(14)10-15-13-7-8-13/h11-13,15H,2-10H2,1H3. The lowest BCUT2D eigenvalue weighted by atomic mass is 9.77. The maximum Gasteiger partial charge on any atom is 0.00683 e. The van der Waals surface area contributed by atoms with E-state index in [0.29, 0.717) is 0 Å². The fourth-order valence-electron chi connectivity index (χ4n) is 3.64. The fourth-order valence-corrected chi connectivity index (χ4v) is 3.64. The summed E-state index contributed by atoms with van der Waals surface area (Å²) >= 11 is 0. The molecule has 2 unspecified atom stereocenters. The quantitative estimate of drug-likeness (QED) is 0.745. The van der Waals surface area contributed by atoms with E-state index in [4.69, 9.17) is 0 Å². The molecule has 3 rings (SSSR count). The van der Waals surface area contributed by atoms with Gasteiger partial charge in [-0.05, 0) is 55.9 Å². The fraction of sp³-hybridized carbons (Fsp3) is 1.00. The average molecular weight is 207 g/mol. The van der Waals surface area contributed by atoms with Crippen molar-refractivity contribution in [1.82, 2.24) is 5.32 Å². The molecule has 3 aliphatic rings. The lowest BCUT2D eigenvalue weighted by Gasteiger charge is -2.28. The van der Waals surface area contributed by atoms with Gasteiger partial charge in [0.15, 0.2) is 0 Å². The minimum absolute atomic E-state index is 0.738. The van der Waals surface area contributed by atoms with Crippen molar-refractivity contribution in [2.75, 3.05) is 6.54 Å². The molecule has 0 amide bonds. The van der Waals surface area contributed by atoms with E-state index >= 15 is 0 Å². The molecule has 1 N–H and O–H groups in total. The molecule has 2 atom stereocenters. The third-order valence-corrected chi connectivity index (χ3v) is 5.23. The molecule has 3 aliphatic carbocycles. The Hall–Kier alpha value is -0.0400. The summed E-state index contributed by atoms with van der Waals surface area (Å²) in [5, 5.41) is 3.71. The Kier molecular flexibility index (Phi) is 2.54. The topological polar surface area (TPSA) is 12.0 Å². The molecule has 0 heterocycles. The molecule has 0 saturated heterocycles. The smallest absolute Gasteiger partial charge is 0.00683 e.